The summed E-state index contributed by atoms with van der Waals surface area (Å²) in [6.07, 6.45) is 0.0327. The topological polar surface area (TPSA) is 67.4 Å². The van der Waals surface area contributed by atoms with Gasteiger partial charge in [0.1, 0.15) is 11.7 Å². The van der Waals surface area contributed by atoms with E-state index >= 15 is 0 Å². The largest absolute Gasteiger partial charge is 0.491 e. The first kappa shape index (κ1) is 18.8. The molecule has 1 fully saturated rings. The van der Waals surface area contributed by atoms with Crippen molar-refractivity contribution in [1.82, 2.24) is 5.32 Å². The third-order valence-electron chi connectivity index (χ3n) is 4.35. The summed E-state index contributed by atoms with van der Waals surface area (Å²) in [6.45, 7) is 4.12. The van der Waals surface area contributed by atoms with E-state index in [2.05, 4.69) is 10.6 Å². The molecule has 142 valence electrons. The molecule has 2 N–H and O–H groups in total. The van der Waals surface area contributed by atoms with Crippen molar-refractivity contribution in [1.29, 1.82) is 0 Å². The Labute approximate surface area is 155 Å². The Balaban J connectivity index is 1.79. The average Bonchev–Trinajstić information content (AvgIpc) is 3.01. The molecule has 27 heavy (non-hydrogen) atoms. The van der Waals surface area contributed by atoms with Gasteiger partial charge < -0.3 is 15.4 Å². The molecule has 0 spiro atoms. The number of hydrogen-bond donors (Lipinski definition) is 2. The van der Waals surface area contributed by atoms with Crippen molar-refractivity contribution in [2.24, 2.45) is 5.92 Å². The Kier molecular flexibility index (Phi) is 5.39. The van der Waals surface area contributed by atoms with Crippen molar-refractivity contribution in [2.75, 3.05) is 11.9 Å². The van der Waals surface area contributed by atoms with Crippen LogP contribution in [-0.4, -0.2) is 24.5 Å². The van der Waals surface area contributed by atoms with Gasteiger partial charge in [0.05, 0.1) is 11.8 Å². The lowest BCUT2D eigenvalue weighted by Gasteiger charge is -2.18. The van der Waals surface area contributed by atoms with Crippen molar-refractivity contribution in [3.8, 4) is 5.75 Å². The SMILES string of the molecule is CC(C)Oc1ccc([C@H]2CNC(=O)[C@@H]2C(=O)Nc2cccc(F)c2F)cc1. The summed E-state index contributed by atoms with van der Waals surface area (Å²) >= 11 is 0. The van der Waals surface area contributed by atoms with Gasteiger partial charge in [0.15, 0.2) is 11.6 Å². The molecule has 2 amide bonds. The summed E-state index contributed by atoms with van der Waals surface area (Å²) in [7, 11) is 0. The number of carbonyl (C=O) groups is 2. The van der Waals surface area contributed by atoms with Gasteiger partial charge in [-0.1, -0.05) is 18.2 Å². The van der Waals surface area contributed by atoms with E-state index in [9.17, 15) is 18.4 Å². The fraction of sp³-hybridized carbons (Fsp3) is 0.300. The van der Waals surface area contributed by atoms with Crippen LogP contribution < -0.4 is 15.4 Å². The van der Waals surface area contributed by atoms with Crippen LogP contribution in [-0.2, 0) is 9.59 Å². The Bertz CT molecular complexity index is 853. The van der Waals surface area contributed by atoms with Crippen LogP contribution in [0.15, 0.2) is 42.5 Å². The number of ether oxygens (including phenoxy) is 1. The highest BCUT2D eigenvalue weighted by atomic mass is 19.2. The van der Waals surface area contributed by atoms with Crippen LogP contribution in [0.2, 0.25) is 0 Å². The molecule has 3 rings (SSSR count). The second-order valence-corrected chi connectivity index (χ2v) is 6.66. The number of anilines is 1. The van der Waals surface area contributed by atoms with Crippen molar-refractivity contribution < 1.29 is 23.1 Å². The maximum Gasteiger partial charge on any atom is 0.237 e. The van der Waals surface area contributed by atoms with Gasteiger partial charge >= 0.3 is 0 Å². The van der Waals surface area contributed by atoms with Crippen LogP contribution in [0.5, 0.6) is 5.75 Å². The normalized spacial score (nSPS) is 19.1. The number of nitrogens with one attached hydrogen (secondary N) is 2. The molecular formula is C20H20F2N2O3. The number of halogens is 2. The quantitative estimate of drug-likeness (QED) is 0.790. The van der Waals surface area contributed by atoms with Crippen molar-refractivity contribution in [2.45, 2.75) is 25.9 Å². The average molecular weight is 374 g/mol. The highest BCUT2D eigenvalue weighted by Gasteiger charge is 2.41. The molecule has 1 aliphatic heterocycles. The summed E-state index contributed by atoms with van der Waals surface area (Å²) < 4.78 is 32.7. The van der Waals surface area contributed by atoms with Gasteiger partial charge in [-0.25, -0.2) is 8.78 Å². The molecule has 2 aromatic carbocycles. The van der Waals surface area contributed by atoms with Gasteiger partial charge in [-0.2, -0.15) is 0 Å². The molecule has 0 saturated carbocycles. The van der Waals surface area contributed by atoms with Gasteiger partial charge in [0.2, 0.25) is 11.8 Å². The molecule has 5 nitrogen and oxygen atoms in total. The van der Waals surface area contributed by atoms with E-state index in [1.807, 2.05) is 13.8 Å². The fourth-order valence-corrected chi connectivity index (χ4v) is 3.11. The Morgan fingerprint density at radius 1 is 1.19 bits per heavy atom. The number of carbonyl (C=O) groups excluding carboxylic acids is 2. The van der Waals surface area contributed by atoms with Crippen LogP contribution in [0.1, 0.15) is 25.3 Å². The first-order valence-electron chi connectivity index (χ1n) is 8.66. The minimum Gasteiger partial charge on any atom is -0.491 e. The first-order valence-corrected chi connectivity index (χ1v) is 8.66. The lowest BCUT2D eigenvalue weighted by atomic mass is 9.88. The highest BCUT2D eigenvalue weighted by molar-refractivity contribution is 6.08. The zero-order valence-corrected chi connectivity index (χ0v) is 15.0. The van der Waals surface area contributed by atoms with Crippen LogP contribution in [0.3, 0.4) is 0 Å². The van der Waals surface area contributed by atoms with E-state index < -0.39 is 35.3 Å². The van der Waals surface area contributed by atoms with Gasteiger partial charge in [-0.3, -0.25) is 9.59 Å². The molecular weight excluding hydrogens is 354 g/mol. The van der Waals surface area contributed by atoms with Crippen molar-refractivity contribution in [3.05, 3.63) is 59.7 Å². The van der Waals surface area contributed by atoms with Crippen molar-refractivity contribution >= 4 is 17.5 Å². The van der Waals surface area contributed by atoms with E-state index in [1.54, 1.807) is 24.3 Å². The monoisotopic (exact) mass is 374 g/mol. The number of hydrogen-bond acceptors (Lipinski definition) is 3. The summed E-state index contributed by atoms with van der Waals surface area (Å²) in [5.41, 5.74) is 0.489. The Morgan fingerprint density at radius 2 is 1.89 bits per heavy atom. The zero-order chi connectivity index (χ0) is 19.6. The van der Waals surface area contributed by atoms with E-state index in [-0.39, 0.29) is 18.3 Å². The van der Waals surface area contributed by atoms with E-state index in [0.29, 0.717) is 5.75 Å². The third kappa shape index (κ3) is 4.07. The van der Waals surface area contributed by atoms with Gasteiger partial charge in [0, 0.05) is 12.5 Å². The van der Waals surface area contributed by atoms with Crippen molar-refractivity contribution in [3.63, 3.8) is 0 Å². The number of rotatable bonds is 5. The second-order valence-electron chi connectivity index (χ2n) is 6.66. The van der Waals surface area contributed by atoms with Gasteiger partial charge in [-0.15, -0.1) is 0 Å². The molecule has 7 heteroatoms. The molecule has 1 aliphatic rings. The first-order chi connectivity index (χ1) is 12.9. The third-order valence-corrected chi connectivity index (χ3v) is 4.35. The molecule has 1 heterocycles. The molecule has 0 bridgehead atoms. The van der Waals surface area contributed by atoms with E-state index in [0.717, 1.165) is 11.6 Å². The summed E-state index contributed by atoms with van der Waals surface area (Å²) in [4.78, 5) is 24.8. The maximum atomic E-state index is 13.8. The molecule has 0 unspecified atom stereocenters. The molecule has 2 atom stereocenters. The van der Waals surface area contributed by atoms with E-state index in [4.69, 9.17) is 4.74 Å². The molecule has 0 radical (unpaired) electrons. The zero-order valence-electron chi connectivity index (χ0n) is 15.0. The summed E-state index contributed by atoms with van der Waals surface area (Å²) in [5, 5.41) is 4.98. The van der Waals surface area contributed by atoms with Gasteiger partial charge in [0.25, 0.3) is 0 Å². The van der Waals surface area contributed by atoms with Gasteiger partial charge in [-0.05, 0) is 43.7 Å². The molecule has 2 aromatic rings. The lowest BCUT2D eigenvalue weighted by molar-refractivity contribution is -0.130. The van der Waals surface area contributed by atoms with Crippen LogP contribution in [0.25, 0.3) is 0 Å². The lowest BCUT2D eigenvalue weighted by Crippen LogP contribution is -2.32. The summed E-state index contributed by atoms with van der Waals surface area (Å²) in [6, 6.07) is 10.6. The molecule has 0 aliphatic carbocycles. The van der Waals surface area contributed by atoms with Crippen LogP contribution in [0, 0.1) is 17.6 Å². The maximum absolute atomic E-state index is 13.8. The van der Waals surface area contributed by atoms with Crippen LogP contribution >= 0.6 is 0 Å². The predicted molar refractivity (Wildman–Crippen MR) is 96.4 cm³/mol. The Morgan fingerprint density at radius 3 is 2.56 bits per heavy atom. The Hall–Kier alpha value is -2.96. The molecule has 0 aromatic heterocycles. The number of amides is 2. The smallest absolute Gasteiger partial charge is 0.237 e. The predicted octanol–water partition coefficient (Wildman–Crippen LogP) is 3.22. The summed E-state index contributed by atoms with van der Waals surface area (Å²) in [5.74, 6) is -4.11. The molecule has 1 saturated heterocycles. The standard InChI is InChI=1S/C20H20F2N2O3/c1-11(2)27-13-8-6-12(7-9-13)14-10-23-19(25)17(14)20(26)24-16-5-3-4-15(21)18(16)22/h3-9,11,14,17H,10H2,1-2H3,(H,23,25)(H,24,26)/t14-,17-/m1/s1. The number of benzene rings is 2. The highest BCUT2D eigenvalue weighted by Crippen LogP contribution is 2.31. The fourth-order valence-electron chi connectivity index (χ4n) is 3.11. The van der Waals surface area contributed by atoms with Crippen LogP contribution in [0.4, 0.5) is 14.5 Å². The van der Waals surface area contributed by atoms with E-state index in [1.165, 1.54) is 12.1 Å². The second kappa shape index (κ2) is 7.73. The minimum absolute atomic E-state index is 0.0327. The minimum atomic E-state index is -1.16.